The molecule has 1 rings (SSSR count). The third-order valence-electron chi connectivity index (χ3n) is 1.54. The van der Waals surface area contributed by atoms with Crippen molar-refractivity contribution in [2.24, 2.45) is 5.73 Å². The first kappa shape index (κ1) is 10.1. The zero-order chi connectivity index (χ0) is 9.52. The van der Waals surface area contributed by atoms with E-state index in [0.717, 1.165) is 0 Å². The second-order valence-electron chi connectivity index (χ2n) is 2.59. The second-order valence-corrected chi connectivity index (χ2v) is 2.59. The Bertz CT molecular complexity index is 237. The molecule has 13 heavy (non-hydrogen) atoms. The van der Waals surface area contributed by atoms with Gasteiger partial charge in [-0.15, -0.1) is 0 Å². The van der Waals surface area contributed by atoms with Crippen LogP contribution in [0.25, 0.3) is 0 Å². The zero-order valence-corrected chi connectivity index (χ0v) is 7.82. The lowest BCUT2D eigenvalue weighted by Gasteiger charge is -1.94. The first-order valence-corrected chi connectivity index (χ1v) is 4.46. The minimum atomic E-state index is 0.546. The third-order valence-corrected chi connectivity index (χ3v) is 1.54. The van der Waals surface area contributed by atoms with Gasteiger partial charge >= 0.3 is 0 Å². The van der Waals surface area contributed by atoms with Gasteiger partial charge in [-0.1, -0.05) is 5.16 Å². The standard InChI is InChI=1S/C8H15N3O2/c1-2-12-6-4-8-10-7(3-5-9)11-13-8/h2-6,9H2,1H3. The van der Waals surface area contributed by atoms with Crippen molar-refractivity contribution in [3.05, 3.63) is 11.7 Å². The molecular weight excluding hydrogens is 170 g/mol. The van der Waals surface area contributed by atoms with Crippen LogP contribution in [0.2, 0.25) is 0 Å². The van der Waals surface area contributed by atoms with E-state index in [0.29, 0.717) is 44.3 Å². The fourth-order valence-electron chi connectivity index (χ4n) is 0.926. The predicted molar refractivity (Wildman–Crippen MR) is 47.3 cm³/mol. The molecule has 1 aromatic rings. The number of aromatic nitrogens is 2. The maximum absolute atomic E-state index is 5.35. The molecule has 0 unspecified atom stereocenters. The fourth-order valence-corrected chi connectivity index (χ4v) is 0.926. The zero-order valence-electron chi connectivity index (χ0n) is 7.82. The minimum Gasteiger partial charge on any atom is -0.381 e. The molecule has 0 amide bonds. The summed E-state index contributed by atoms with van der Waals surface area (Å²) in [6.45, 7) is 3.84. The summed E-state index contributed by atoms with van der Waals surface area (Å²) in [5, 5.41) is 3.76. The van der Waals surface area contributed by atoms with Crippen LogP contribution in [0, 0.1) is 0 Å². The molecule has 0 radical (unpaired) electrons. The lowest BCUT2D eigenvalue weighted by Crippen LogP contribution is -2.04. The molecule has 74 valence electrons. The van der Waals surface area contributed by atoms with Gasteiger partial charge in [0.25, 0.3) is 0 Å². The van der Waals surface area contributed by atoms with E-state index in [9.17, 15) is 0 Å². The molecule has 0 saturated heterocycles. The van der Waals surface area contributed by atoms with Crippen molar-refractivity contribution in [1.82, 2.24) is 10.1 Å². The van der Waals surface area contributed by atoms with E-state index < -0.39 is 0 Å². The molecule has 0 bridgehead atoms. The van der Waals surface area contributed by atoms with E-state index in [1.807, 2.05) is 6.92 Å². The van der Waals surface area contributed by atoms with Gasteiger partial charge in [-0.05, 0) is 13.5 Å². The molecule has 0 saturated carbocycles. The average Bonchev–Trinajstić information content (AvgIpc) is 2.54. The number of hydrogen-bond donors (Lipinski definition) is 1. The predicted octanol–water partition coefficient (Wildman–Crippen LogP) is 0.150. The maximum atomic E-state index is 5.35. The van der Waals surface area contributed by atoms with Crippen LogP contribution in [0.3, 0.4) is 0 Å². The van der Waals surface area contributed by atoms with Gasteiger partial charge in [0, 0.05) is 13.0 Å². The Hall–Kier alpha value is -0.940. The van der Waals surface area contributed by atoms with Crippen LogP contribution in [-0.4, -0.2) is 29.9 Å². The van der Waals surface area contributed by atoms with Crippen molar-refractivity contribution in [1.29, 1.82) is 0 Å². The van der Waals surface area contributed by atoms with Crippen molar-refractivity contribution >= 4 is 0 Å². The van der Waals surface area contributed by atoms with Crippen molar-refractivity contribution in [3.63, 3.8) is 0 Å². The smallest absolute Gasteiger partial charge is 0.228 e. The molecule has 0 fully saturated rings. The van der Waals surface area contributed by atoms with Gasteiger partial charge in [0.05, 0.1) is 13.0 Å². The van der Waals surface area contributed by atoms with Crippen molar-refractivity contribution in [2.75, 3.05) is 19.8 Å². The van der Waals surface area contributed by atoms with Gasteiger partial charge in [-0.2, -0.15) is 4.98 Å². The summed E-state index contributed by atoms with van der Waals surface area (Å²) in [5.41, 5.74) is 5.35. The summed E-state index contributed by atoms with van der Waals surface area (Å²) < 4.78 is 10.1. The number of rotatable bonds is 6. The lowest BCUT2D eigenvalue weighted by molar-refractivity contribution is 0.144. The van der Waals surface area contributed by atoms with Crippen LogP contribution in [0.4, 0.5) is 0 Å². The van der Waals surface area contributed by atoms with Gasteiger partial charge < -0.3 is 15.0 Å². The second kappa shape index (κ2) is 5.66. The Balaban J connectivity index is 2.31. The highest BCUT2D eigenvalue weighted by molar-refractivity contribution is 4.86. The van der Waals surface area contributed by atoms with Crippen LogP contribution >= 0.6 is 0 Å². The molecular formula is C8H15N3O2. The van der Waals surface area contributed by atoms with Gasteiger partial charge in [0.15, 0.2) is 5.82 Å². The fraction of sp³-hybridized carbons (Fsp3) is 0.750. The van der Waals surface area contributed by atoms with E-state index >= 15 is 0 Å². The summed E-state index contributed by atoms with van der Waals surface area (Å²) in [6.07, 6.45) is 1.34. The summed E-state index contributed by atoms with van der Waals surface area (Å²) in [6, 6.07) is 0. The van der Waals surface area contributed by atoms with E-state index in [-0.39, 0.29) is 0 Å². The van der Waals surface area contributed by atoms with Gasteiger partial charge in [0.1, 0.15) is 0 Å². The Kier molecular flexibility index (Phi) is 4.42. The molecule has 0 spiro atoms. The van der Waals surface area contributed by atoms with Gasteiger partial charge in [-0.3, -0.25) is 0 Å². The van der Waals surface area contributed by atoms with Gasteiger partial charge in [0.2, 0.25) is 5.89 Å². The van der Waals surface area contributed by atoms with E-state index in [4.69, 9.17) is 15.0 Å². The van der Waals surface area contributed by atoms with Crippen molar-refractivity contribution in [2.45, 2.75) is 19.8 Å². The Morgan fingerprint density at radius 2 is 2.31 bits per heavy atom. The lowest BCUT2D eigenvalue weighted by atomic mass is 10.4. The number of hydrogen-bond acceptors (Lipinski definition) is 5. The first-order chi connectivity index (χ1) is 6.36. The van der Waals surface area contributed by atoms with Crippen molar-refractivity contribution < 1.29 is 9.26 Å². The van der Waals surface area contributed by atoms with E-state index in [1.165, 1.54) is 0 Å². The highest BCUT2D eigenvalue weighted by atomic mass is 16.5. The number of nitrogens with two attached hydrogens (primary N) is 1. The monoisotopic (exact) mass is 185 g/mol. The topological polar surface area (TPSA) is 74.2 Å². The first-order valence-electron chi connectivity index (χ1n) is 4.46. The van der Waals surface area contributed by atoms with Crippen LogP contribution in [0.15, 0.2) is 4.52 Å². The average molecular weight is 185 g/mol. The Labute approximate surface area is 77.3 Å². The largest absolute Gasteiger partial charge is 0.381 e. The number of ether oxygens (including phenoxy) is 1. The normalized spacial score (nSPS) is 10.6. The highest BCUT2D eigenvalue weighted by Crippen LogP contribution is 1.98. The number of nitrogens with zero attached hydrogens (tertiary/aromatic N) is 2. The quantitative estimate of drug-likeness (QED) is 0.638. The molecule has 1 heterocycles. The Morgan fingerprint density at radius 3 is 3.00 bits per heavy atom. The third kappa shape index (κ3) is 3.52. The molecule has 0 aliphatic rings. The summed E-state index contributed by atoms with van der Waals surface area (Å²) >= 11 is 0. The molecule has 0 atom stereocenters. The molecule has 0 aliphatic heterocycles. The van der Waals surface area contributed by atoms with Crippen molar-refractivity contribution in [3.8, 4) is 0 Å². The molecule has 2 N–H and O–H groups in total. The van der Waals surface area contributed by atoms with Crippen LogP contribution in [-0.2, 0) is 17.6 Å². The van der Waals surface area contributed by atoms with Crippen LogP contribution < -0.4 is 5.73 Å². The molecule has 1 aromatic heterocycles. The summed E-state index contributed by atoms with van der Waals surface area (Å²) in [5.74, 6) is 1.30. The molecule has 5 heteroatoms. The summed E-state index contributed by atoms with van der Waals surface area (Å²) in [4.78, 5) is 4.13. The maximum Gasteiger partial charge on any atom is 0.228 e. The molecule has 0 aromatic carbocycles. The van der Waals surface area contributed by atoms with Gasteiger partial charge in [-0.25, -0.2) is 0 Å². The van der Waals surface area contributed by atoms with E-state index in [1.54, 1.807) is 0 Å². The SMILES string of the molecule is CCOCCc1nc(CCN)no1. The summed E-state index contributed by atoms with van der Waals surface area (Å²) in [7, 11) is 0. The van der Waals surface area contributed by atoms with Crippen LogP contribution in [0.1, 0.15) is 18.6 Å². The molecule has 0 aliphatic carbocycles. The molecule has 5 nitrogen and oxygen atoms in total. The highest BCUT2D eigenvalue weighted by Gasteiger charge is 2.04. The Morgan fingerprint density at radius 1 is 1.46 bits per heavy atom. The van der Waals surface area contributed by atoms with E-state index in [2.05, 4.69) is 10.1 Å². The van der Waals surface area contributed by atoms with Crippen LogP contribution in [0.5, 0.6) is 0 Å². The minimum absolute atomic E-state index is 0.546.